The van der Waals surface area contributed by atoms with Crippen LogP contribution in [0.1, 0.15) is 33.6 Å². The highest BCUT2D eigenvalue weighted by molar-refractivity contribution is 6.30. The highest BCUT2D eigenvalue weighted by Gasteiger charge is 2.59. The number of ketones is 1. The molecule has 9 heteroatoms. The lowest BCUT2D eigenvalue weighted by Crippen LogP contribution is -2.32. The highest BCUT2D eigenvalue weighted by atomic mass is 35.5. The van der Waals surface area contributed by atoms with E-state index in [1.54, 1.807) is 72.8 Å². The van der Waals surface area contributed by atoms with Gasteiger partial charge in [-0.15, -0.1) is 11.6 Å². The Bertz CT molecular complexity index is 1820. The normalized spacial score (nSPS) is 22.5. The first-order chi connectivity index (χ1) is 21.3. The number of fused-ring (bicyclic) bond motifs is 6. The molecule has 2 bridgehead atoms. The fraction of sp³-hybridized carbons (Fsp3) is 0.229. The molecule has 2 heterocycles. The third kappa shape index (κ3) is 4.81. The number of hydrogen-bond donors (Lipinski definition) is 0. The number of para-hydroxylation sites is 1. The SMILES string of the molecule is O=C(OC(CCCl)C(=O)c1ccc(Cl)cc1)c1cc(-c2ccc(N3C(=O)C4C5C=CC(C5)C4C3=O)cc2)nc2ccccc12. The van der Waals surface area contributed by atoms with Crippen LogP contribution in [0.5, 0.6) is 0 Å². The Labute approximate surface area is 263 Å². The Morgan fingerprint density at radius 1 is 0.909 bits per heavy atom. The summed E-state index contributed by atoms with van der Waals surface area (Å²) in [6, 6.07) is 22.2. The highest BCUT2D eigenvalue weighted by Crippen LogP contribution is 2.53. The zero-order valence-electron chi connectivity index (χ0n) is 23.4. The number of halogens is 2. The van der Waals surface area contributed by atoms with E-state index in [4.69, 9.17) is 32.9 Å². The number of anilines is 1. The van der Waals surface area contributed by atoms with Gasteiger partial charge in [-0.05, 0) is 66.8 Å². The van der Waals surface area contributed by atoms with Crippen LogP contribution in [-0.2, 0) is 14.3 Å². The van der Waals surface area contributed by atoms with Crippen molar-refractivity contribution in [2.24, 2.45) is 23.7 Å². The predicted octanol–water partition coefficient (Wildman–Crippen LogP) is 6.90. The zero-order valence-corrected chi connectivity index (χ0v) is 24.9. The third-order valence-electron chi connectivity index (χ3n) is 8.87. The van der Waals surface area contributed by atoms with E-state index in [0.717, 1.165) is 6.42 Å². The molecule has 1 aliphatic heterocycles. The number of alkyl halides is 1. The van der Waals surface area contributed by atoms with E-state index in [1.807, 2.05) is 6.07 Å². The molecule has 1 saturated carbocycles. The molecule has 3 aliphatic rings. The van der Waals surface area contributed by atoms with Crippen molar-refractivity contribution < 1.29 is 23.9 Å². The second-order valence-corrected chi connectivity index (χ2v) is 12.2. The lowest BCUT2D eigenvalue weighted by atomic mass is 9.85. The summed E-state index contributed by atoms with van der Waals surface area (Å²) in [4.78, 5) is 59.4. The van der Waals surface area contributed by atoms with Gasteiger partial charge in [-0.3, -0.25) is 19.3 Å². The Morgan fingerprint density at radius 2 is 1.57 bits per heavy atom. The number of carbonyl (C=O) groups is 4. The van der Waals surface area contributed by atoms with E-state index in [2.05, 4.69) is 12.2 Å². The van der Waals surface area contributed by atoms with Gasteiger partial charge >= 0.3 is 5.97 Å². The molecule has 0 radical (unpaired) electrons. The molecule has 5 atom stereocenters. The number of pyridine rings is 1. The van der Waals surface area contributed by atoms with E-state index < -0.39 is 12.1 Å². The van der Waals surface area contributed by atoms with Gasteiger partial charge in [-0.25, -0.2) is 9.78 Å². The fourth-order valence-corrected chi connectivity index (χ4v) is 7.09. The lowest BCUT2D eigenvalue weighted by molar-refractivity contribution is -0.123. The molecule has 0 spiro atoms. The van der Waals surface area contributed by atoms with Crippen LogP contribution in [0.15, 0.2) is 91.0 Å². The molecule has 2 fully saturated rings. The number of imide groups is 1. The van der Waals surface area contributed by atoms with Crippen molar-refractivity contribution in [1.82, 2.24) is 4.98 Å². The maximum atomic E-state index is 13.6. The van der Waals surface area contributed by atoms with E-state index in [-0.39, 0.29) is 59.1 Å². The van der Waals surface area contributed by atoms with Crippen molar-refractivity contribution in [3.63, 3.8) is 0 Å². The Morgan fingerprint density at radius 3 is 2.23 bits per heavy atom. The molecule has 220 valence electrons. The van der Waals surface area contributed by atoms with E-state index in [1.165, 1.54) is 4.90 Å². The molecule has 3 aromatic carbocycles. The number of nitrogens with zero attached hydrogens (tertiary/aromatic N) is 2. The van der Waals surface area contributed by atoms with E-state index >= 15 is 0 Å². The molecule has 4 aromatic rings. The second kappa shape index (κ2) is 11.3. The molecular weight excluding hydrogens is 599 g/mol. The Balaban J connectivity index is 1.17. The minimum absolute atomic E-state index is 0.118. The van der Waals surface area contributed by atoms with Crippen LogP contribution in [0, 0.1) is 23.7 Å². The molecule has 7 rings (SSSR count). The van der Waals surface area contributed by atoms with Crippen molar-refractivity contribution in [2.45, 2.75) is 18.9 Å². The predicted molar refractivity (Wildman–Crippen MR) is 168 cm³/mol. The molecule has 1 aromatic heterocycles. The first-order valence-corrected chi connectivity index (χ1v) is 15.4. The molecule has 5 unspecified atom stereocenters. The average molecular weight is 626 g/mol. The van der Waals surface area contributed by atoms with Crippen molar-refractivity contribution in [3.05, 3.63) is 107 Å². The number of esters is 1. The number of ether oxygens (including phenoxy) is 1. The fourth-order valence-electron chi connectivity index (χ4n) is 6.77. The number of rotatable bonds is 8. The van der Waals surface area contributed by atoms with Crippen LogP contribution >= 0.6 is 23.2 Å². The van der Waals surface area contributed by atoms with E-state index in [9.17, 15) is 19.2 Å². The first kappa shape index (κ1) is 28.4. The number of benzene rings is 3. The summed E-state index contributed by atoms with van der Waals surface area (Å²) in [6.45, 7) is 0. The third-order valence-corrected chi connectivity index (χ3v) is 9.34. The summed E-state index contributed by atoms with van der Waals surface area (Å²) in [5, 5.41) is 1.06. The Hall–Kier alpha value is -4.33. The molecule has 7 nitrogen and oxygen atoms in total. The lowest BCUT2D eigenvalue weighted by Gasteiger charge is -2.18. The van der Waals surface area contributed by atoms with Crippen LogP contribution in [0.2, 0.25) is 5.02 Å². The van der Waals surface area contributed by atoms with Crippen LogP contribution in [0.4, 0.5) is 5.69 Å². The summed E-state index contributed by atoms with van der Waals surface area (Å²) in [5.74, 6) is -1.49. The van der Waals surface area contributed by atoms with Crippen LogP contribution in [-0.4, -0.2) is 40.5 Å². The molecule has 0 N–H and O–H groups in total. The summed E-state index contributed by atoms with van der Waals surface area (Å²) in [7, 11) is 0. The standard InChI is InChI=1S/C35H26Cl2N2O5/c36-16-15-29(32(40)20-7-11-23(37)12-8-20)44-35(43)26-18-28(38-27-4-2-1-3-25(26)27)19-9-13-24(14-10-19)39-33(41)30-21-5-6-22(17-21)31(30)34(39)42/h1-14,18,21-22,29-31H,15-17H2. The number of amides is 2. The summed E-state index contributed by atoms with van der Waals surface area (Å²) < 4.78 is 5.77. The molecule has 44 heavy (non-hydrogen) atoms. The summed E-state index contributed by atoms with van der Waals surface area (Å²) in [5.41, 5.74) is 2.88. The zero-order chi connectivity index (χ0) is 30.5. The van der Waals surface area contributed by atoms with Crippen LogP contribution in [0.25, 0.3) is 22.2 Å². The number of Topliss-reactive ketones (excluding diaryl/α,β-unsaturated/α-hetero) is 1. The number of carbonyl (C=O) groups excluding carboxylic acids is 4. The minimum atomic E-state index is -1.09. The number of hydrogen-bond acceptors (Lipinski definition) is 6. The van der Waals surface area contributed by atoms with Crippen LogP contribution < -0.4 is 4.90 Å². The second-order valence-electron chi connectivity index (χ2n) is 11.4. The summed E-state index contributed by atoms with van der Waals surface area (Å²) in [6.07, 6.45) is 4.07. The van der Waals surface area contributed by atoms with Gasteiger partial charge < -0.3 is 4.74 Å². The van der Waals surface area contributed by atoms with Crippen molar-refractivity contribution in [1.29, 1.82) is 0 Å². The van der Waals surface area contributed by atoms with Gasteiger partial charge in [0.05, 0.1) is 34.3 Å². The van der Waals surface area contributed by atoms with Gasteiger partial charge in [0.2, 0.25) is 17.6 Å². The van der Waals surface area contributed by atoms with Crippen molar-refractivity contribution in [2.75, 3.05) is 10.8 Å². The Kier molecular flexibility index (Phi) is 7.31. The smallest absolute Gasteiger partial charge is 0.339 e. The monoisotopic (exact) mass is 624 g/mol. The molecule has 2 amide bonds. The number of aromatic nitrogens is 1. The van der Waals surface area contributed by atoms with Gasteiger partial charge in [0, 0.05) is 33.8 Å². The maximum absolute atomic E-state index is 13.6. The van der Waals surface area contributed by atoms with Gasteiger partial charge in [-0.1, -0.05) is 54.1 Å². The first-order valence-electron chi connectivity index (χ1n) is 14.5. The summed E-state index contributed by atoms with van der Waals surface area (Å²) >= 11 is 12.0. The van der Waals surface area contributed by atoms with Crippen molar-refractivity contribution in [3.8, 4) is 11.3 Å². The van der Waals surface area contributed by atoms with Gasteiger partial charge in [0.15, 0.2) is 6.10 Å². The largest absolute Gasteiger partial charge is 0.450 e. The maximum Gasteiger partial charge on any atom is 0.339 e. The minimum Gasteiger partial charge on any atom is -0.450 e. The molecular formula is C35H26Cl2N2O5. The van der Waals surface area contributed by atoms with Gasteiger partial charge in [-0.2, -0.15) is 0 Å². The van der Waals surface area contributed by atoms with E-state index in [0.29, 0.717) is 38.4 Å². The number of allylic oxidation sites excluding steroid dienone is 2. The quantitative estimate of drug-likeness (QED) is 0.0695. The topological polar surface area (TPSA) is 93.6 Å². The van der Waals surface area contributed by atoms with Crippen LogP contribution in [0.3, 0.4) is 0 Å². The average Bonchev–Trinajstić information content (AvgIpc) is 3.73. The molecule has 1 saturated heterocycles. The van der Waals surface area contributed by atoms with Gasteiger partial charge in [0.25, 0.3) is 0 Å². The van der Waals surface area contributed by atoms with Gasteiger partial charge in [0.1, 0.15) is 0 Å². The van der Waals surface area contributed by atoms with Crippen molar-refractivity contribution >= 4 is 63.4 Å². The molecule has 2 aliphatic carbocycles.